The maximum absolute atomic E-state index is 12.5. The van der Waals surface area contributed by atoms with Crippen molar-refractivity contribution in [3.05, 3.63) is 35.2 Å². The molecule has 2 heterocycles. The van der Waals surface area contributed by atoms with Crippen LogP contribution in [0.2, 0.25) is 0 Å². The average molecular weight is 410 g/mol. The molecule has 10 heteroatoms. The van der Waals surface area contributed by atoms with Gasteiger partial charge in [0.15, 0.2) is 20.0 Å². The number of nitrogens with one attached hydrogen (secondary N) is 1. The van der Waals surface area contributed by atoms with Gasteiger partial charge >= 0.3 is 5.97 Å². The smallest absolute Gasteiger partial charge is 0.314 e. The minimum atomic E-state index is -3.45. The van der Waals surface area contributed by atoms with Crippen LogP contribution in [-0.2, 0) is 19.4 Å². The summed E-state index contributed by atoms with van der Waals surface area (Å²) in [6, 6.07) is 6.36. The zero-order chi connectivity index (χ0) is 19.4. The molecule has 1 amide bonds. The van der Waals surface area contributed by atoms with Gasteiger partial charge in [-0.15, -0.1) is 11.3 Å². The van der Waals surface area contributed by atoms with E-state index in [9.17, 15) is 18.0 Å². The molecule has 1 aromatic heterocycles. The fourth-order valence-electron chi connectivity index (χ4n) is 2.52. The lowest BCUT2D eigenvalue weighted by molar-refractivity contribution is -0.142. The van der Waals surface area contributed by atoms with E-state index in [0.717, 1.165) is 17.6 Å². The van der Waals surface area contributed by atoms with Gasteiger partial charge in [0, 0.05) is 24.8 Å². The quantitative estimate of drug-likeness (QED) is 0.594. The number of amides is 1. The highest BCUT2D eigenvalue weighted by atomic mass is 32.2. The standard InChI is InChI=1S/C17H18N2O6S2/c1-27(22,23)14-10-26-17(18-14)19-15(20)12-4-2-3-5-13(12)25-16(21)11-6-8-24-9-7-11/h2-5,10-11H,6-9H2,1H3,(H,18,19,20). The first-order valence-corrected chi connectivity index (χ1v) is 11.0. The van der Waals surface area contributed by atoms with E-state index in [1.54, 1.807) is 12.1 Å². The number of para-hydroxylation sites is 1. The summed E-state index contributed by atoms with van der Waals surface area (Å²) in [6.45, 7) is 1.02. The molecular weight excluding hydrogens is 392 g/mol. The number of aromatic nitrogens is 1. The molecule has 1 N–H and O–H groups in total. The van der Waals surface area contributed by atoms with E-state index in [4.69, 9.17) is 9.47 Å². The fourth-order valence-corrected chi connectivity index (χ4v) is 4.25. The van der Waals surface area contributed by atoms with Crippen LogP contribution in [0.25, 0.3) is 0 Å². The molecule has 0 radical (unpaired) electrons. The average Bonchev–Trinajstić information content (AvgIpc) is 3.12. The zero-order valence-electron chi connectivity index (χ0n) is 14.5. The normalized spacial score (nSPS) is 15.3. The Labute approximate surface area is 160 Å². The Kier molecular flexibility index (Phi) is 5.88. The summed E-state index contributed by atoms with van der Waals surface area (Å²) in [6.07, 6.45) is 2.21. The maximum Gasteiger partial charge on any atom is 0.314 e. The third kappa shape index (κ3) is 4.90. The summed E-state index contributed by atoms with van der Waals surface area (Å²) in [7, 11) is -3.45. The molecule has 1 aliphatic heterocycles. The third-order valence-corrected chi connectivity index (χ3v) is 5.86. The molecular formula is C17H18N2O6S2. The molecule has 27 heavy (non-hydrogen) atoms. The number of sulfone groups is 1. The van der Waals surface area contributed by atoms with Crippen LogP contribution in [0.15, 0.2) is 34.7 Å². The van der Waals surface area contributed by atoms with Gasteiger partial charge in [-0.3, -0.25) is 14.9 Å². The number of carbonyl (C=O) groups excluding carboxylic acids is 2. The number of esters is 1. The molecule has 0 aliphatic carbocycles. The summed E-state index contributed by atoms with van der Waals surface area (Å²) < 4.78 is 33.7. The van der Waals surface area contributed by atoms with Crippen molar-refractivity contribution in [2.24, 2.45) is 5.92 Å². The van der Waals surface area contributed by atoms with E-state index in [-0.39, 0.29) is 27.4 Å². The minimum Gasteiger partial charge on any atom is -0.425 e. The maximum atomic E-state index is 12.5. The van der Waals surface area contributed by atoms with Crippen molar-refractivity contribution in [2.75, 3.05) is 24.8 Å². The summed E-state index contributed by atoms with van der Waals surface area (Å²) in [5.74, 6) is -1.05. The van der Waals surface area contributed by atoms with Gasteiger partial charge in [0.25, 0.3) is 5.91 Å². The number of benzene rings is 1. The van der Waals surface area contributed by atoms with Gasteiger partial charge in [-0.2, -0.15) is 0 Å². The second-order valence-electron chi connectivity index (χ2n) is 6.02. The molecule has 0 unspecified atom stereocenters. The molecule has 0 atom stereocenters. The van der Waals surface area contributed by atoms with Crippen molar-refractivity contribution in [2.45, 2.75) is 17.9 Å². The molecule has 0 saturated carbocycles. The minimum absolute atomic E-state index is 0.109. The highest BCUT2D eigenvalue weighted by molar-refractivity contribution is 7.90. The molecule has 1 aromatic carbocycles. The Hall–Kier alpha value is -2.30. The van der Waals surface area contributed by atoms with Crippen LogP contribution >= 0.6 is 11.3 Å². The van der Waals surface area contributed by atoms with Crippen molar-refractivity contribution < 1.29 is 27.5 Å². The van der Waals surface area contributed by atoms with Crippen LogP contribution in [0.5, 0.6) is 5.75 Å². The monoisotopic (exact) mass is 410 g/mol. The molecule has 8 nitrogen and oxygen atoms in total. The first-order chi connectivity index (χ1) is 12.8. The van der Waals surface area contributed by atoms with Gasteiger partial charge in [-0.1, -0.05) is 12.1 Å². The number of hydrogen-bond donors (Lipinski definition) is 1. The van der Waals surface area contributed by atoms with E-state index < -0.39 is 21.7 Å². The number of thiazole rings is 1. The van der Waals surface area contributed by atoms with Crippen LogP contribution in [0.1, 0.15) is 23.2 Å². The third-order valence-electron chi connectivity index (χ3n) is 3.98. The fraction of sp³-hybridized carbons (Fsp3) is 0.353. The first kappa shape index (κ1) is 19.5. The Morgan fingerprint density at radius 1 is 1.26 bits per heavy atom. The predicted octanol–water partition coefficient (Wildman–Crippen LogP) is 2.13. The Morgan fingerprint density at radius 3 is 2.63 bits per heavy atom. The van der Waals surface area contributed by atoms with Crippen molar-refractivity contribution in [1.82, 2.24) is 4.98 Å². The second-order valence-corrected chi connectivity index (χ2v) is 8.84. The highest BCUT2D eigenvalue weighted by Gasteiger charge is 2.25. The molecule has 1 fully saturated rings. The largest absolute Gasteiger partial charge is 0.425 e. The van der Waals surface area contributed by atoms with Crippen molar-refractivity contribution >= 4 is 38.2 Å². The summed E-state index contributed by atoms with van der Waals surface area (Å²) in [4.78, 5) is 28.8. The van der Waals surface area contributed by atoms with E-state index in [0.29, 0.717) is 26.1 Å². The van der Waals surface area contributed by atoms with Gasteiger partial charge in [-0.05, 0) is 25.0 Å². The lowest BCUT2D eigenvalue weighted by Gasteiger charge is -2.20. The number of nitrogens with zero attached hydrogens (tertiary/aromatic N) is 1. The molecule has 3 rings (SSSR count). The zero-order valence-corrected chi connectivity index (χ0v) is 16.1. The van der Waals surface area contributed by atoms with E-state index in [1.165, 1.54) is 17.5 Å². The molecule has 1 saturated heterocycles. The number of anilines is 1. The van der Waals surface area contributed by atoms with E-state index in [1.807, 2.05) is 0 Å². The Balaban J connectivity index is 1.73. The number of rotatable bonds is 5. The van der Waals surface area contributed by atoms with Gasteiger partial charge in [-0.25, -0.2) is 13.4 Å². The lowest BCUT2D eigenvalue weighted by Crippen LogP contribution is -2.27. The second kappa shape index (κ2) is 8.15. The summed E-state index contributed by atoms with van der Waals surface area (Å²) in [5.41, 5.74) is 0.161. The number of carbonyl (C=O) groups is 2. The Morgan fingerprint density at radius 2 is 1.96 bits per heavy atom. The van der Waals surface area contributed by atoms with Crippen LogP contribution in [0, 0.1) is 5.92 Å². The number of hydrogen-bond acceptors (Lipinski definition) is 8. The molecule has 0 bridgehead atoms. The van der Waals surface area contributed by atoms with E-state index in [2.05, 4.69) is 10.3 Å². The van der Waals surface area contributed by atoms with E-state index >= 15 is 0 Å². The first-order valence-electron chi connectivity index (χ1n) is 8.20. The van der Waals surface area contributed by atoms with Gasteiger partial charge in [0.05, 0.1) is 11.5 Å². The van der Waals surface area contributed by atoms with Crippen LogP contribution in [-0.4, -0.2) is 44.7 Å². The molecule has 0 spiro atoms. The number of ether oxygens (including phenoxy) is 2. The molecule has 144 valence electrons. The SMILES string of the molecule is CS(=O)(=O)c1csc(NC(=O)c2ccccc2OC(=O)C2CCOCC2)n1. The summed E-state index contributed by atoms with van der Waals surface area (Å²) >= 11 is 0.998. The summed E-state index contributed by atoms with van der Waals surface area (Å²) in [5, 5.41) is 3.92. The predicted molar refractivity (Wildman–Crippen MR) is 98.8 cm³/mol. The van der Waals surface area contributed by atoms with Gasteiger partial charge in [0.1, 0.15) is 5.75 Å². The van der Waals surface area contributed by atoms with Crippen LogP contribution in [0.4, 0.5) is 5.13 Å². The van der Waals surface area contributed by atoms with Crippen molar-refractivity contribution in [3.8, 4) is 5.75 Å². The molecule has 1 aliphatic rings. The van der Waals surface area contributed by atoms with Gasteiger partial charge in [0.2, 0.25) is 0 Å². The highest BCUT2D eigenvalue weighted by Crippen LogP contribution is 2.25. The van der Waals surface area contributed by atoms with Crippen LogP contribution < -0.4 is 10.1 Å². The van der Waals surface area contributed by atoms with Gasteiger partial charge < -0.3 is 9.47 Å². The van der Waals surface area contributed by atoms with Crippen LogP contribution in [0.3, 0.4) is 0 Å². The lowest BCUT2D eigenvalue weighted by atomic mass is 10.0. The van der Waals surface area contributed by atoms with Crippen molar-refractivity contribution in [3.63, 3.8) is 0 Å². The topological polar surface area (TPSA) is 112 Å². The molecule has 2 aromatic rings. The Bertz CT molecular complexity index is 948. The van der Waals surface area contributed by atoms with Crippen molar-refractivity contribution in [1.29, 1.82) is 0 Å².